The van der Waals surface area contributed by atoms with Gasteiger partial charge in [-0.3, -0.25) is 9.59 Å². The summed E-state index contributed by atoms with van der Waals surface area (Å²) < 4.78 is 0. The summed E-state index contributed by atoms with van der Waals surface area (Å²) in [6.07, 6.45) is 8.05. The highest BCUT2D eigenvalue weighted by molar-refractivity contribution is 7.20. The largest absolute Gasteiger partial charge is 0.365 e. The highest BCUT2D eigenvalue weighted by Crippen LogP contribution is 2.39. The standard InChI is InChI=1S/C21H28N4O2S/c22-20(27)19-18(16-7-4-9-23-21(16)28-19)15-6-5-12-25(14-15)17(26)8-13-24-10-2-1-3-11-24/h4,7,9,15H,1-3,5-6,8,10-14H2,(H2,22,27)/t15-/m1/s1. The predicted molar refractivity (Wildman–Crippen MR) is 112 cm³/mol. The zero-order chi connectivity index (χ0) is 19.5. The third-order valence-electron chi connectivity index (χ3n) is 6.00. The van der Waals surface area contributed by atoms with Gasteiger partial charge in [-0.2, -0.15) is 0 Å². The van der Waals surface area contributed by atoms with Gasteiger partial charge >= 0.3 is 0 Å². The number of pyridine rings is 1. The fourth-order valence-electron chi connectivity index (χ4n) is 4.57. The third-order valence-corrected chi connectivity index (χ3v) is 7.15. The molecule has 4 heterocycles. The van der Waals surface area contributed by atoms with E-state index in [-0.39, 0.29) is 11.8 Å². The Morgan fingerprint density at radius 2 is 2.00 bits per heavy atom. The molecule has 0 bridgehead atoms. The van der Waals surface area contributed by atoms with Crippen LogP contribution in [-0.2, 0) is 4.79 Å². The lowest BCUT2D eigenvalue weighted by Crippen LogP contribution is -2.41. The van der Waals surface area contributed by atoms with Crippen LogP contribution in [0.3, 0.4) is 0 Å². The number of hydrogen-bond donors (Lipinski definition) is 1. The number of hydrogen-bond acceptors (Lipinski definition) is 5. The van der Waals surface area contributed by atoms with E-state index in [2.05, 4.69) is 9.88 Å². The highest BCUT2D eigenvalue weighted by Gasteiger charge is 2.30. The van der Waals surface area contributed by atoms with Crippen LogP contribution in [0.5, 0.6) is 0 Å². The van der Waals surface area contributed by atoms with Crippen molar-refractivity contribution in [1.82, 2.24) is 14.8 Å². The number of fused-ring (bicyclic) bond motifs is 1. The van der Waals surface area contributed by atoms with Gasteiger partial charge in [-0.1, -0.05) is 12.5 Å². The fourth-order valence-corrected chi connectivity index (χ4v) is 5.66. The maximum Gasteiger partial charge on any atom is 0.259 e. The van der Waals surface area contributed by atoms with Crippen molar-refractivity contribution in [3.8, 4) is 0 Å². The number of likely N-dealkylation sites (tertiary alicyclic amines) is 2. The predicted octanol–water partition coefficient (Wildman–Crippen LogP) is 2.98. The topological polar surface area (TPSA) is 79.5 Å². The lowest BCUT2D eigenvalue weighted by molar-refractivity contribution is -0.132. The molecule has 0 unspecified atom stereocenters. The summed E-state index contributed by atoms with van der Waals surface area (Å²) in [4.78, 5) is 35.1. The lowest BCUT2D eigenvalue weighted by Gasteiger charge is -2.34. The van der Waals surface area contributed by atoms with Crippen molar-refractivity contribution >= 4 is 33.4 Å². The Morgan fingerprint density at radius 1 is 1.18 bits per heavy atom. The quantitative estimate of drug-likeness (QED) is 0.837. The molecule has 2 aromatic heterocycles. The average Bonchev–Trinajstić information content (AvgIpc) is 3.13. The molecule has 6 nitrogen and oxygen atoms in total. The molecule has 28 heavy (non-hydrogen) atoms. The Balaban J connectivity index is 1.48. The molecule has 0 spiro atoms. The van der Waals surface area contributed by atoms with E-state index in [1.165, 1.54) is 30.6 Å². The van der Waals surface area contributed by atoms with Gasteiger partial charge in [0.15, 0.2) is 0 Å². The van der Waals surface area contributed by atoms with Crippen molar-refractivity contribution in [1.29, 1.82) is 0 Å². The number of piperidine rings is 2. The first-order valence-corrected chi connectivity index (χ1v) is 11.1. The van der Waals surface area contributed by atoms with Crippen LogP contribution in [-0.4, -0.2) is 59.3 Å². The number of carbonyl (C=O) groups excluding carboxylic acids is 2. The Hall–Kier alpha value is -1.99. The number of nitrogens with zero attached hydrogens (tertiary/aromatic N) is 3. The molecule has 2 fully saturated rings. The van der Waals surface area contributed by atoms with Crippen LogP contribution in [0.15, 0.2) is 18.3 Å². The SMILES string of the molecule is NC(=O)c1sc2ncccc2c1[C@@H]1CCCN(C(=O)CCN2CCCCC2)C1. The van der Waals surface area contributed by atoms with Gasteiger partial charge < -0.3 is 15.5 Å². The molecule has 2 aliphatic rings. The van der Waals surface area contributed by atoms with Crippen LogP contribution in [0.1, 0.15) is 59.7 Å². The maximum atomic E-state index is 12.8. The van der Waals surface area contributed by atoms with Crippen molar-refractivity contribution in [3.05, 3.63) is 28.8 Å². The molecule has 0 aliphatic carbocycles. The molecule has 7 heteroatoms. The second-order valence-electron chi connectivity index (χ2n) is 7.90. The molecule has 2 N–H and O–H groups in total. The van der Waals surface area contributed by atoms with E-state index in [0.29, 0.717) is 17.8 Å². The minimum atomic E-state index is -0.397. The summed E-state index contributed by atoms with van der Waals surface area (Å²) in [6, 6.07) is 3.91. The summed E-state index contributed by atoms with van der Waals surface area (Å²) in [5.74, 6) is -0.0201. The van der Waals surface area contributed by atoms with E-state index in [1.807, 2.05) is 17.0 Å². The molecule has 4 rings (SSSR count). The molecular formula is C21H28N4O2S. The van der Waals surface area contributed by atoms with E-state index in [1.54, 1.807) is 6.20 Å². The summed E-state index contributed by atoms with van der Waals surface area (Å²) in [7, 11) is 0. The number of carbonyl (C=O) groups is 2. The number of aromatic nitrogens is 1. The summed E-state index contributed by atoms with van der Waals surface area (Å²) in [6.45, 7) is 4.57. The van der Waals surface area contributed by atoms with Crippen molar-refractivity contribution in [2.75, 3.05) is 32.7 Å². The maximum absolute atomic E-state index is 12.8. The van der Waals surface area contributed by atoms with Gasteiger partial charge in [-0.15, -0.1) is 11.3 Å². The second kappa shape index (κ2) is 8.57. The normalized spacial score (nSPS) is 21.1. The van der Waals surface area contributed by atoms with E-state index < -0.39 is 5.91 Å². The highest BCUT2D eigenvalue weighted by atomic mass is 32.1. The second-order valence-corrected chi connectivity index (χ2v) is 8.90. The van der Waals surface area contributed by atoms with Crippen LogP contribution in [0, 0.1) is 0 Å². The number of amides is 2. The van der Waals surface area contributed by atoms with E-state index in [0.717, 1.165) is 54.8 Å². The van der Waals surface area contributed by atoms with Crippen molar-refractivity contribution < 1.29 is 9.59 Å². The van der Waals surface area contributed by atoms with Gasteiger partial charge in [0.25, 0.3) is 5.91 Å². The summed E-state index contributed by atoms with van der Waals surface area (Å²) >= 11 is 1.37. The molecule has 0 saturated carbocycles. The zero-order valence-electron chi connectivity index (χ0n) is 16.2. The van der Waals surface area contributed by atoms with E-state index in [4.69, 9.17) is 5.73 Å². The monoisotopic (exact) mass is 400 g/mol. The smallest absolute Gasteiger partial charge is 0.259 e. The summed E-state index contributed by atoms with van der Waals surface area (Å²) in [5, 5.41) is 1.01. The molecule has 2 saturated heterocycles. The van der Waals surface area contributed by atoms with Gasteiger partial charge in [-0.05, 0) is 50.4 Å². The molecule has 2 amide bonds. The Kier molecular flexibility index (Phi) is 5.92. The zero-order valence-corrected chi connectivity index (χ0v) is 17.0. The fraction of sp³-hybridized carbons (Fsp3) is 0.571. The molecular weight excluding hydrogens is 372 g/mol. The number of thiophene rings is 1. The van der Waals surface area contributed by atoms with E-state index >= 15 is 0 Å². The third kappa shape index (κ3) is 4.05. The first-order chi connectivity index (χ1) is 13.6. The van der Waals surface area contributed by atoms with Crippen molar-refractivity contribution in [2.24, 2.45) is 5.73 Å². The Labute approximate surface area is 169 Å². The van der Waals surface area contributed by atoms with Crippen LogP contribution in [0.4, 0.5) is 0 Å². The number of primary amides is 1. The van der Waals surface area contributed by atoms with Gasteiger partial charge in [0.1, 0.15) is 4.83 Å². The van der Waals surface area contributed by atoms with Crippen LogP contribution in [0.25, 0.3) is 10.2 Å². The van der Waals surface area contributed by atoms with Gasteiger partial charge in [0.05, 0.1) is 4.88 Å². The minimum absolute atomic E-state index is 0.146. The first kappa shape index (κ1) is 19.3. The van der Waals surface area contributed by atoms with Gasteiger partial charge in [0, 0.05) is 43.6 Å². The Morgan fingerprint density at radius 3 is 2.79 bits per heavy atom. The number of rotatable bonds is 5. The molecule has 0 radical (unpaired) electrons. The van der Waals surface area contributed by atoms with Gasteiger partial charge in [0.2, 0.25) is 5.91 Å². The Bertz CT molecular complexity index is 859. The number of nitrogens with two attached hydrogens (primary N) is 1. The molecule has 150 valence electrons. The van der Waals surface area contributed by atoms with Crippen molar-refractivity contribution in [2.45, 2.75) is 44.4 Å². The van der Waals surface area contributed by atoms with Crippen LogP contribution < -0.4 is 5.73 Å². The average molecular weight is 401 g/mol. The molecule has 0 aromatic carbocycles. The summed E-state index contributed by atoms with van der Waals surface area (Å²) in [5.41, 5.74) is 6.66. The minimum Gasteiger partial charge on any atom is -0.365 e. The molecule has 2 aromatic rings. The molecule has 1 atom stereocenters. The van der Waals surface area contributed by atoms with E-state index in [9.17, 15) is 9.59 Å². The first-order valence-electron chi connectivity index (χ1n) is 10.3. The van der Waals surface area contributed by atoms with Crippen LogP contribution >= 0.6 is 11.3 Å². The van der Waals surface area contributed by atoms with Gasteiger partial charge in [-0.25, -0.2) is 4.98 Å². The van der Waals surface area contributed by atoms with Crippen LogP contribution in [0.2, 0.25) is 0 Å². The van der Waals surface area contributed by atoms with Crippen molar-refractivity contribution in [3.63, 3.8) is 0 Å². The molecule has 2 aliphatic heterocycles. The lowest BCUT2D eigenvalue weighted by atomic mass is 9.88.